The molecule has 0 aromatic carbocycles. The molecule has 0 atom stereocenters. The molecular weight excluding hydrogens is 192 g/mol. The lowest BCUT2D eigenvalue weighted by molar-refractivity contribution is 0.0945. The van der Waals surface area contributed by atoms with Crippen molar-refractivity contribution in [2.75, 3.05) is 0 Å². The number of carbonyl (C=O) groups excluding carboxylic acids is 1. The highest BCUT2D eigenvalue weighted by Gasteiger charge is 2.06. The summed E-state index contributed by atoms with van der Waals surface area (Å²) in [6, 6.07) is 3.52. The Morgan fingerprint density at radius 1 is 1.67 bits per heavy atom. The molecule has 0 bridgehead atoms. The van der Waals surface area contributed by atoms with E-state index in [-0.39, 0.29) is 5.91 Å². The van der Waals surface area contributed by atoms with E-state index in [0.29, 0.717) is 12.2 Å². The van der Waals surface area contributed by atoms with E-state index in [9.17, 15) is 4.79 Å². The Bertz CT molecular complexity index is 444. The van der Waals surface area contributed by atoms with Crippen molar-refractivity contribution < 1.29 is 4.79 Å². The molecule has 2 rings (SSSR count). The molecule has 0 aliphatic rings. The van der Waals surface area contributed by atoms with Crippen molar-refractivity contribution in [1.29, 1.82) is 0 Å². The summed E-state index contributed by atoms with van der Waals surface area (Å²) in [6.07, 6.45) is 5.27. The van der Waals surface area contributed by atoms with Crippen molar-refractivity contribution >= 4 is 5.91 Å². The van der Waals surface area contributed by atoms with E-state index < -0.39 is 0 Å². The molecule has 0 fully saturated rings. The number of imidazole rings is 1. The summed E-state index contributed by atoms with van der Waals surface area (Å²) in [4.78, 5) is 18.5. The van der Waals surface area contributed by atoms with Gasteiger partial charge in [-0.05, 0) is 12.1 Å². The summed E-state index contributed by atoms with van der Waals surface area (Å²) in [5.74, 6) is 0.706. The molecule has 0 radical (unpaired) electrons. The van der Waals surface area contributed by atoms with Crippen LogP contribution in [0.2, 0.25) is 0 Å². The molecular formula is C10H12N4O. The lowest BCUT2D eigenvalue weighted by Gasteiger charge is -2.03. The Morgan fingerprint density at radius 3 is 3.13 bits per heavy atom. The quantitative estimate of drug-likeness (QED) is 0.772. The smallest absolute Gasteiger partial charge is 0.268 e. The van der Waals surface area contributed by atoms with Crippen molar-refractivity contribution in [3.8, 4) is 0 Å². The van der Waals surface area contributed by atoms with Gasteiger partial charge in [-0.1, -0.05) is 0 Å². The molecule has 78 valence electrons. The van der Waals surface area contributed by atoms with Crippen LogP contribution in [0.1, 0.15) is 16.3 Å². The molecule has 2 aromatic rings. The predicted molar refractivity (Wildman–Crippen MR) is 55.2 cm³/mol. The molecule has 0 saturated heterocycles. The van der Waals surface area contributed by atoms with E-state index in [4.69, 9.17) is 0 Å². The van der Waals surface area contributed by atoms with Gasteiger partial charge in [-0.25, -0.2) is 4.98 Å². The third-order valence-electron chi connectivity index (χ3n) is 2.17. The Hall–Kier alpha value is -2.04. The molecule has 0 aliphatic carbocycles. The van der Waals surface area contributed by atoms with E-state index in [1.807, 2.05) is 17.8 Å². The van der Waals surface area contributed by atoms with Crippen molar-refractivity contribution in [1.82, 2.24) is 19.9 Å². The van der Waals surface area contributed by atoms with E-state index in [0.717, 1.165) is 5.82 Å². The zero-order valence-electron chi connectivity index (χ0n) is 8.40. The van der Waals surface area contributed by atoms with E-state index in [2.05, 4.69) is 15.3 Å². The van der Waals surface area contributed by atoms with Gasteiger partial charge in [0.05, 0.1) is 6.54 Å². The largest absolute Gasteiger partial charge is 0.357 e. The van der Waals surface area contributed by atoms with Gasteiger partial charge >= 0.3 is 0 Å². The normalized spacial score (nSPS) is 10.2. The average Bonchev–Trinajstić information content (AvgIpc) is 2.85. The van der Waals surface area contributed by atoms with Gasteiger partial charge in [0.2, 0.25) is 0 Å². The third kappa shape index (κ3) is 2.07. The average molecular weight is 204 g/mol. The van der Waals surface area contributed by atoms with Crippen LogP contribution in [0.4, 0.5) is 0 Å². The summed E-state index contributed by atoms with van der Waals surface area (Å²) < 4.78 is 1.87. The maximum atomic E-state index is 11.5. The van der Waals surface area contributed by atoms with Crippen LogP contribution in [0.15, 0.2) is 30.7 Å². The second kappa shape index (κ2) is 4.00. The highest BCUT2D eigenvalue weighted by molar-refractivity contribution is 5.92. The molecule has 0 spiro atoms. The van der Waals surface area contributed by atoms with Crippen LogP contribution >= 0.6 is 0 Å². The third-order valence-corrected chi connectivity index (χ3v) is 2.17. The van der Waals surface area contributed by atoms with Gasteiger partial charge in [0.15, 0.2) is 0 Å². The second-order valence-corrected chi connectivity index (χ2v) is 3.22. The van der Waals surface area contributed by atoms with Crippen LogP contribution in [0, 0.1) is 0 Å². The first kappa shape index (κ1) is 9.51. The van der Waals surface area contributed by atoms with Crippen molar-refractivity contribution in [3.63, 3.8) is 0 Å². The Labute approximate surface area is 87.1 Å². The molecule has 0 aliphatic heterocycles. The molecule has 5 heteroatoms. The number of nitrogens with one attached hydrogen (secondary N) is 2. The van der Waals surface area contributed by atoms with E-state index in [1.165, 1.54) is 0 Å². The first-order chi connectivity index (χ1) is 7.27. The minimum absolute atomic E-state index is 0.122. The van der Waals surface area contributed by atoms with Crippen LogP contribution in [0.5, 0.6) is 0 Å². The molecule has 0 saturated carbocycles. The fourth-order valence-corrected chi connectivity index (χ4v) is 1.29. The summed E-state index contributed by atoms with van der Waals surface area (Å²) in [7, 11) is 1.89. The number of amides is 1. The number of hydrogen-bond donors (Lipinski definition) is 2. The van der Waals surface area contributed by atoms with Gasteiger partial charge in [-0.15, -0.1) is 0 Å². The van der Waals surface area contributed by atoms with Crippen molar-refractivity contribution in [2.45, 2.75) is 6.54 Å². The molecule has 1 amide bonds. The van der Waals surface area contributed by atoms with Crippen molar-refractivity contribution in [2.24, 2.45) is 7.05 Å². The van der Waals surface area contributed by atoms with Gasteiger partial charge in [0.1, 0.15) is 11.5 Å². The highest BCUT2D eigenvalue weighted by Crippen LogP contribution is 1.96. The zero-order chi connectivity index (χ0) is 10.7. The number of hydrogen-bond acceptors (Lipinski definition) is 2. The van der Waals surface area contributed by atoms with Crippen LogP contribution in [-0.2, 0) is 13.6 Å². The number of H-pyrrole nitrogens is 1. The van der Waals surface area contributed by atoms with E-state index in [1.54, 1.807) is 24.5 Å². The first-order valence-corrected chi connectivity index (χ1v) is 4.65. The number of nitrogens with zero attached hydrogens (tertiary/aromatic N) is 2. The second-order valence-electron chi connectivity index (χ2n) is 3.22. The van der Waals surface area contributed by atoms with Crippen LogP contribution in [0.3, 0.4) is 0 Å². The highest BCUT2D eigenvalue weighted by atomic mass is 16.1. The summed E-state index contributed by atoms with van der Waals surface area (Å²) in [5, 5.41) is 2.77. The fraction of sp³-hybridized carbons (Fsp3) is 0.200. The summed E-state index contributed by atoms with van der Waals surface area (Å²) in [5.41, 5.74) is 0.559. The van der Waals surface area contributed by atoms with Crippen LogP contribution in [0.25, 0.3) is 0 Å². The number of carbonyl (C=O) groups is 1. The Morgan fingerprint density at radius 2 is 2.53 bits per heavy atom. The molecule has 2 N–H and O–H groups in total. The van der Waals surface area contributed by atoms with Crippen LogP contribution < -0.4 is 5.32 Å². The SMILES string of the molecule is Cn1ccnc1CNC(=O)c1ccc[nH]1. The maximum Gasteiger partial charge on any atom is 0.268 e. The van der Waals surface area contributed by atoms with Gasteiger partial charge in [-0.3, -0.25) is 4.79 Å². The number of aryl methyl sites for hydroxylation is 1. The van der Waals surface area contributed by atoms with Gasteiger partial charge < -0.3 is 14.9 Å². The lowest BCUT2D eigenvalue weighted by Crippen LogP contribution is -2.24. The van der Waals surface area contributed by atoms with Gasteiger partial charge in [0, 0.05) is 25.6 Å². The molecule has 15 heavy (non-hydrogen) atoms. The topological polar surface area (TPSA) is 62.7 Å². The van der Waals surface area contributed by atoms with E-state index >= 15 is 0 Å². The Kier molecular flexibility index (Phi) is 2.53. The van der Waals surface area contributed by atoms with Crippen molar-refractivity contribution in [3.05, 3.63) is 42.2 Å². The monoisotopic (exact) mass is 204 g/mol. The van der Waals surface area contributed by atoms with Crippen LogP contribution in [-0.4, -0.2) is 20.4 Å². The number of rotatable bonds is 3. The molecule has 0 unspecified atom stereocenters. The summed E-state index contributed by atoms with van der Waals surface area (Å²) >= 11 is 0. The van der Waals surface area contributed by atoms with Gasteiger partial charge in [-0.2, -0.15) is 0 Å². The fourth-order valence-electron chi connectivity index (χ4n) is 1.29. The predicted octanol–water partition coefficient (Wildman–Crippen LogP) is 0.678. The van der Waals surface area contributed by atoms with Gasteiger partial charge in [0.25, 0.3) is 5.91 Å². The zero-order valence-corrected chi connectivity index (χ0v) is 8.40. The standard InChI is InChI=1S/C10H12N4O/c1-14-6-5-12-9(14)7-13-10(15)8-3-2-4-11-8/h2-6,11H,7H2,1H3,(H,13,15). The molecule has 5 nitrogen and oxygen atoms in total. The first-order valence-electron chi connectivity index (χ1n) is 4.65. The summed E-state index contributed by atoms with van der Waals surface area (Å²) in [6.45, 7) is 0.432. The Balaban J connectivity index is 1.95. The minimum atomic E-state index is -0.122. The molecule has 2 aromatic heterocycles. The maximum absolute atomic E-state index is 11.5. The lowest BCUT2D eigenvalue weighted by atomic mass is 10.4. The molecule has 2 heterocycles. The number of aromatic nitrogens is 3. The minimum Gasteiger partial charge on any atom is -0.357 e. The number of aromatic amines is 1.